The van der Waals surface area contributed by atoms with Crippen LogP contribution in [-0.4, -0.2) is 54.5 Å². The molecule has 0 rings (SSSR count). The molecule has 1 N–H and O–H groups in total. The Bertz CT molecular complexity index is 492. The van der Waals surface area contributed by atoms with E-state index in [0.29, 0.717) is 0 Å². The van der Waals surface area contributed by atoms with Gasteiger partial charge in [0.2, 0.25) is 0 Å². The SMILES string of the molecule is O=[SH](=O)OCCCS(=O)(=O)CCCOS(=O)(=O)O. The molecule has 0 aliphatic carbocycles. The van der Waals surface area contributed by atoms with Crippen LogP contribution in [0.4, 0.5) is 0 Å². The predicted octanol–water partition coefficient (Wildman–Crippen LogP) is -1.46. The van der Waals surface area contributed by atoms with Crippen molar-refractivity contribution in [1.82, 2.24) is 0 Å². The van der Waals surface area contributed by atoms with Gasteiger partial charge in [-0.3, -0.25) is 8.74 Å². The van der Waals surface area contributed by atoms with Crippen LogP contribution in [0.3, 0.4) is 0 Å². The second-order valence-electron chi connectivity index (χ2n) is 3.17. The molecule has 0 amide bonds. The minimum absolute atomic E-state index is 0.0187. The van der Waals surface area contributed by atoms with Gasteiger partial charge >= 0.3 is 10.4 Å². The Morgan fingerprint density at radius 1 is 0.944 bits per heavy atom. The third-order valence-electron chi connectivity index (χ3n) is 1.63. The molecule has 0 fully saturated rings. The van der Waals surface area contributed by atoms with E-state index in [4.69, 9.17) is 4.55 Å². The molecule has 0 saturated carbocycles. The number of thiol groups is 1. The molecule has 0 bridgehead atoms. The van der Waals surface area contributed by atoms with E-state index >= 15 is 0 Å². The van der Waals surface area contributed by atoms with Crippen molar-refractivity contribution in [1.29, 1.82) is 0 Å². The Labute approximate surface area is 107 Å². The van der Waals surface area contributed by atoms with Gasteiger partial charge in [0.1, 0.15) is 9.84 Å². The highest BCUT2D eigenvalue weighted by Gasteiger charge is 2.12. The molecule has 18 heavy (non-hydrogen) atoms. The lowest BCUT2D eigenvalue weighted by Crippen LogP contribution is -2.15. The van der Waals surface area contributed by atoms with E-state index in [1.165, 1.54) is 0 Å². The van der Waals surface area contributed by atoms with Crippen molar-refractivity contribution in [2.24, 2.45) is 0 Å². The molecule has 0 aromatic carbocycles. The normalized spacial score (nSPS) is 13.0. The smallest absolute Gasteiger partial charge is 0.272 e. The summed E-state index contributed by atoms with van der Waals surface area (Å²) in [6, 6.07) is 0. The fourth-order valence-electron chi connectivity index (χ4n) is 0.963. The minimum atomic E-state index is -4.55. The molecule has 0 aliphatic rings. The molecule has 0 radical (unpaired) electrons. The first-order valence-electron chi connectivity index (χ1n) is 4.72. The van der Waals surface area contributed by atoms with Crippen molar-refractivity contribution in [3.63, 3.8) is 0 Å². The maximum atomic E-state index is 11.3. The topological polar surface area (TPSA) is 141 Å². The lowest BCUT2D eigenvalue weighted by molar-refractivity contribution is 0.269. The first-order valence-corrected chi connectivity index (χ1v) is 9.00. The van der Waals surface area contributed by atoms with Crippen LogP contribution in [0.1, 0.15) is 12.8 Å². The molecule has 9 nitrogen and oxygen atoms in total. The fourth-order valence-corrected chi connectivity index (χ4v) is 2.89. The largest absolute Gasteiger partial charge is 0.397 e. The van der Waals surface area contributed by atoms with Gasteiger partial charge in [0, 0.05) is 0 Å². The summed E-state index contributed by atoms with van der Waals surface area (Å²) in [4.78, 5) is 0. The van der Waals surface area contributed by atoms with Crippen molar-refractivity contribution >= 4 is 31.2 Å². The lowest BCUT2D eigenvalue weighted by atomic mass is 10.5. The third-order valence-corrected chi connectivity index (χ3v) is 4.31. The van der Waals surface area contributed by atoms with Gasteiger partial charge in [-0.2, -0.15) is 8.42 Å². The number of rotatable bonds is 10. The van der Waals surface area contributed by atoms with Gasteiger partial charge in [-0.15, -0.1) is 0 Å². The Balaban J connectivity index is 3.81. The zero-order valence-electron chi connectivity index (χ0n) is 9.22. The molecule has 0 heterocycles. The van der Waals surface area contributed by atoms with E-state index in [2.05, 4.69) is 8.37 Å². The van der Waals surface area contributed by atoms with E-state index in [1.54, 1.807) is 0 Å². The Hall–Kier alpha value is -0.270. The molecule has 0 aromatic rings. The summed E-state index contributed by atoms with van der Waals surface area (Å²) < 4.78 is 79.2. The summed E-state index contributed by atoms with van der Waals surface area (Å²) in [5.74, 6) is -0.603. The van der Waals surface area contributed by atoms with Crippen LogP contribution < -0.4 is 0 Å². The lowest BCUT2D eigenvalue weighted by Gasteiger charge is -2.03. The number of sulfone groups is 1. The molecule has 12 heteroatoms. The molecular formula is C6H14O9S3. The summed E-state index contributed by atoms with van der Waals surface area (Å²) in [6.45, 7) is -0.666. The highest BCUT2D eigenvalue weighted by molar-refractivity contribution is 7.91. The first-order chi connectivity index (χ1) is 8.12. The van der Waals surface area contributed by atoms with Crippen LogP contribution in [0.25, 0.3) is 0 Å². The van der Waals surface area contributed by atoms with Crippen molar-refractivity contribution in [3.05, 3.63) is 0 Å². The van der Waals surface area contributed by atoms with Crippen LogP contribution in [-0.2, 0) is 39.6 Å². The van der Waals surface area contributed by atoms with E-state index in [9.17, 15) is 25.3 Å². The fraction of sp³-hybridized carbons (Fsp3) is 1.00. The van der Waals surface area contributed by atoms with Crippen LogP contribution >= 0.6 is 0 Å². The molecule has 110 valence electrons. The third kappa shape index (κ3) is 12.2. The predicted molar refractivity (Wildman–Crippen MR) is 61.7 cm³/mol. The van der Waals surface area contributed by atoms with Crippen LogP contribution in [0.2, 0.25) is 0 Å². The van der Waals surface area contributed by atoms with Crippen LogP contribution in [0.15, 0.2) is 0 Å². The Kier molecular flexibility index (Phi) is 7.89. The van der Waals surface area contributed by atoms with Crippen molar-refractivity contribution in [2.45, 2.75) is 12.8 Å². The quantitative estimate of drug-likeness (QED) is 0.280. The average Bonchev–Trinajstić information content (AvgIpc) is 2.18. The van der Waals surface area contributed by atoms with E-state index in [0.717, 1.165) is 0 Å². The van der Waals surface area contributed by atoms with Crippen molar-refractivity contribution in [3.8, 4) is 0 Å². The van der Waals surface area contributed by atoms with E-state index in [1.807, 2.05) is 0 Å². The van der Waals surface area contributed by atoms with Gasteiger partial charge in [-0.05, 0) is 12.8 Å². The van der Waals surface area contributed by atoms with Crippen molar-refractivity contribution in [2.75, 3.05) is 24.7 Å². The highest BCUT2D eigenvalue weighted by atomic mass is 32.3. The standard InChI is InChI=1S/C6H14O9S3/c7-16(8)14-3-1-5-17(9,10)6-2-4-15-18(11,12)13/h16H,1-6H2,(H,11,12,13). The molecule has 0 aromatic heterocycles. The number of hydrogen-bond acceptors (Lipinski definition) is 8. The second kappa shape index (κ2) is 8.01. The summed E-state index contributed by atoms with van der Waals surface area (Å²) >= 11 is 0. The minimum Gasteiger partial charge on any atom is -0.272 e. The second-order valence-corrected chi connectivity index (χ2v) is 7.27. The zero-order chi connectivity index (χ0) is 14.2. The molecule has 0 atom stereocenters. The van der Waals surface area contributed by atoms with Gasteiger partial charge in [0.05, 0.1) is 24.7 Å². The Morgan fingerprint density at radius 3 is 1.89 bits per heavy atom. The highest BCUT2D eigenvalue weighted by Crippen LogP contribution is 1.99. The summed E-state index contributed by atoms with van der Waals surface area (Å²) in [6.07, 6.45) is -0.0798. The summed E-state index contributed by atoms with van der Waals surface area (Å²) in [7, 11) is -11.0. The maximum Gasteiger partial charge on any atom is 0.397 e. The summed E-state index contributed by atoms with van der Waals surface area (Å²) in [5, 5.41) is 0. The van der Waals surface area contributed by atoms with Gasteiger partial charge in [0.15, 0.2) is 0 Å². The van der Waals surface area contributed by atoms with Crippen LogP contribution in [0, 0.1) is 0 Å². The molecule has 0 saturated heterocycles. The van der Waals surface area contributed by atoms with Gasteiger partial charge < -0.3 is 0 Å². The van der Waals surface area contributed by atoms with Crippen molar-refractivity contribution < 1.29 is 38.2 Å². The van der Waals surface area contributed by atoms with E-state index in [-0.39, 0.29) is 31.0 Å². The van der Waals surface area contributed by atoms with Crippen LogP contribution in [0.5, 0.6) is 0 Å². The molecule has 0 unspecified atom stereocenters. The number of hydrogen-bond donors (Lipinski definition) is 2. The Morgan fingerprint density at radius 2 is 1.44 bits per heavy atom. The van der Waals surface area contributed by atoms with Gasteiger partial charge in [0.25, 0.3) is 11.0 Å². The monoisotopic (exact) mass is 326 g/mol. The summed E-state index contributed by atoms with van der Waals surface area (Å²) in [5.41, 5.74) is 0. The van der Waals surface area contributed by atoms with E-state index < -0.39 is 37.8 Å². The molecule has 0 spiro atoms. The average molecular weight is 326 g/mol. The first kappa shape index (κ1) is 17.7. The maximum absolute atomic E-state index is 11.3. The zero-order valence-corrected chi connectivity index (χ0v) is 11.7. The van der Waals surface area contributed by atoms with Gasteiger partial charge in [-0.25, -0.2) is 21.0 Å². The van der Waals surface area contributed by atoms with Gasteiger partial charge in [-0.1, -0.05) is 0 Å². The molecule has 0 aliphatic heterocycles. The molecular weight excluding hydrogens is 312 g/mol.